The Kier molecular flexibility index (Phi) is 4.59. The molecule has 0 amide bonds. The molecule has 3 nitrogen and oxygen atoms in total. The highest BCUT2D eigenvalue weighted by atomic mass is 32.2. The molecule has 0 aromatic heterocycles. The fraction of sp³-hybridized carbons (Fsp3) is 0.455. The Morgan fingerprint density at radius 1 is 1.35 bits per heavy atom. The number of halogens is 2. The highest BCUT2D eigenvalue weighted by Crippen LogP contribution is 2.23. The maximum absolute atomic E-state index is 13.4. The van der Waals surface area contributed by atoms with Crippen LogP contribution in [0.3, 0.4) is 0 Å². The van der Waals surface area contributed by atoms with Gasteiger partial charge in [-0.3, -0.25) is 0 Å². The molecule has 1 atom stereocenters. The van der Waals surface area contributed by atoms with Gasteiger partial charge in [0.25, 0.3) is 0 Å². The van der Waals surface area contributed by atoms with E-state index in [1.54, 1.807) is 6.92 Å². The molecule has 6 heteroatoms. The molecule has 17 heavy (non-hydrogen) atoms. The van der Waals surface area contributed by atoms with Gasteiger partial charge < -0.3 is 5.73 Å². The number of hydrogen-bond acceptors (Lipinski definition) is 3. The predicted octanol–water partition coefficient (Wildman–Crippen LogP) is 1.87. The van der Waals surface area contributed by atoms with Crippen molar-refractivity contribution in [2.75, 3.05) is 6.54 Å². The van der Waals surface area contributed by atoms with Crippen molar-refractivity contribution in [3.63, 3.8) is 0 Å². The van der Waals surface area contributed by atoms with Gasteiger partial charge in [-0.15, -0.1) is 0 Å². The third-order valence-corrected chi connectivity index (χ3v) is 4.97. The first-order chi connectivity index (χ1) is 7.93. The second kappa shape index (κ2) is 5.55. The van der Waals surface area contributed by atoms with Crippen molar-refractivity contribution in [1.29, 1.82) is 0 Å². The van der Waals surface area contributed by atoms with Gasteiger partial charge >= 0.3 is 0 Å². The molecule has 0 spiro atoms. The minimum Gasteiger partial charge on any atom is -0.330 e. The van der Waals surface area contributed by atoms with Crippen LogP contribution in [0.1, 0.15) is 19.8 Å². The standard InChI is InChI=1S/C11H15F2NO2S/c1-2-9(5-6-14)17(15,16)11-4-3-8(12)7-10(11)13/h3-4,7,9H,2,5-6,14H2,1H3. The van der Waals surface area contributed by atoms with Crippen LogP contribution in [0.2, 0.25) is 0 Å². The van der Waals surface area contributed by atoms with E-state index in [0.717, 1.165) is 12.1 Å². The second-order valence-corrected chi connectivity index (χ2v) is 5.92. The molecule has 2 N–H and O–H groups in total. The summed E-state index contributed by atoms with van der Waals surface area (Å²) in [5.41, 5.74) is 5.32. The lowest BCUT2D eigenvalue weighted by molar-refractivity contribution is 0.537. The SMILES string of the molecule is CCC(CCN)S(=O)(=O)c1ccc(F)cc1F. The van der Waals surface area contributed by atoms with Gasteiger partial charge in [0.05, 0.1) is 5.25 Å². The summed E-state index contributed by atoms with van der Waals surface area (Å²) in [7, 11) is -3.78. The quantitative estimate of drug-likeness (QED) is 0.825. The minimum absolute atomic E-state index is 0.209. The molecule has 1 aromatic carbocycles. The van der Waals surface area contributed by atoms with Crippen LogP contribution in [0.25, 0.3) is 0 Å². The second-order valence-electron chi connectivity index (χ2n) is 3.73. The van der Waals surface area contributed by atoms with Crippen molar-refractivity contribution in [3.8, 4) is 0 Å². The molecular weight excluding hydrogens is 248 g/mol. The van der Waals surface area contributed by atoms with Crippen molar-refractivity contribution >= 4 is 9.84 Å². The number of hydrogen-bond donors (Lipinski definition) is 1. The van der Waals surface area contributed by atoms with E-state index in [1.807, 2.05) is 0 Å². The molecular formula is C11H15F2NO2S. The van der Waals surface area contributed by atoms with Gasteiger partial charge in [0, 0.05) is 6.07 Å². The molecule has 1 rings (SSSR count). The summed E-state index contributed by atoms with van der Waals surface area (Å²) in [5.74, 6) is -1.85. The summed E-state index contributed by atoms with van der Waals surface area (Å²) in [6.45, 7) is 1.90. The van der Waals surface area contributed by atoms with Crippen LogP contribution in [-0.2, 0) is 9.84 Å². The van der Waals surface area contributed by atoms with Crippen molar-refractivity contribution < 1.29 is 17.2 Å². The minimum atomic E-state index is -3.78. The van der Waals surface area contributed by atoms with Gasteiger partial charge in [0.2, 0.25) is 0 Å². The molecule has 0 aliphatic rings. The molecule has 0 aliphatic heterocycles. The Morgan fingerprint density at radius 2 is 2.00 bits per heavy atom. The molecule has 0 heterocycles. The van der Waals surface area contributed by atoms with Crippen molar-refractivity contribution in [2.24, 2.45) is 5.73 Å². The number of sulfone groups is 1. The molecule has 0 saturated carbocycles. The lowest BCUT2D eigenvalue weighted by Gasteiger charge is -2.15. The number of nitrogens with two attached hydrogens (primary N) is 1. The summed E-state index contributed by atoms with van der Waals surface area (Å²) in [5, 5.41) is -0.729. The van der Waals surface area contributed by atoms with Crippen molar-refractivity contribution in [3.05, 3.63) is 29.8 Å². The zero-order valence-electron chi connectivity index (χ0n) is 9.49. The largest absolute Gasteiger partial charge is 0.330 e. The maximum Gasteiger partial charge on any atom is 0.184 e. The van der Waals surface area contributed by atoms with Gasteiger partial charge in [0.1, 0.15) is 16.5 Å². The average Bonchev–Trinajstić information content (AvgIpc) is 2.24. The lowest BCUT2D eigenvalue weighted by atomic mass is 10.2. The van der Waals surface area contributed by atoms with Gasteiger partial charge in [-0.05, 0) is 31.5 Å². The fourth-order valence-corrected chi connectivity index (χ4v) is 3.48. The van der Waals surface area contributed by atoms with Crippen LogP contribution < -0.4 is 5.73 Å². The molecule has 0 fully saturated rings. The van der Waals surface area contributed by atoms with Crippen molar-refractivity contribution in [2.45, 2.75) is 29.9 Å². The molecule has 1 unspecified atom stereocenters. The first kappa shape index (κ1) is 14.1. The summed E-state index contributed by atoms with van der Waals surface area (Å²) in [6.07, 6.45) is 0.603. The lowest BCUT2D eigenvalue weighted by Crippen LogP contribution is -2.24. The van der Waals surface area contributed by atoms with Gasteiger partial charge in [0.15, 0.2) is 9.84 Å². The van der Waals surface area contributed by atoms with E-state index in [-0.39, 0.29) is 13.0 Å². The summed E-state index contributed by atoms with van der Waals surface area (Å²) >= 11 is 0. The van der Waals surface area contributed by atoms with E-state index < -0.39 is 31.6 Å². The maximum atomic E-state index is 13.4. The molecule has 1 aromatic rings. The van der Waals surface area contributed by atoms with Crippen LogP contribution >= 0.6 is 0 Å². The zero-order valence-corrected chi connectivity index (χ0v) is 10.3. The summed E-state index contributed by atoms with van der Waals surface area (Å²) in [6, 6.07) is 2.46. The summed E-state index contributed by atoms with van der Waals surface area (Å²) < 4.78 is 50.3. The Morgan fingerprint density at radius 3 is 2.47 bits per heavy atom. The van der Waals surface area contributed by atoms with Crippen LogP contribution in [0.4, 0.5) is 8.78 Å². The van der Waals surface area contributed by atoms with Gasteiger partial charge in [-0.1, -0.05) is 6.92 Å². The third kappa shape index (κ3) is 3.01. The van der Waals surface area contributed by atoms with E-state index >= 15 is 0 Å². The molecule has 0 radical (unpaired) electrons. The molecule has 96 valence electrons. The highest BCUT2D eigenvalue weighted by molar-refractivity contribution is 7.92. The fourth-order valence-electron chi connectivity index (χ4n) is 1.65. The first-order valence-corrected chi connectivity index (χ1v) is 6.87. The average molecular weight is 263 g/mol. The number of benzene rings is 1. The van der Waals surface area contributed by atoms with E-state index in [2.05, 4.69) is 0 Å². The Balaban J connectivity index is 3.20. The van der Waals surface area contributed by atoms with E-state index in [0.29, 0.717) is 12.5 Å². The van der Waals surface area contributed by atoms with Crippen LogP contribution in [0, 0.1) is 11.6 Å². The Labute approximate surface area is 99.6 Å². The van der Waals surface area contributed by atoms with E-state index in [4.69, 9.17) is 5.73 Å². The van der Waals surface area contributed by atoms with Crippen LogP contribution in [0.5, 0.6) is 0 Å². The van der Waals surface area contributed by atoms with E-state index in [1.165, 1.54) is 0 Å². The van der Waals surface area contributed by atoms with Crippen LogP contribution in [-0.4, -0.2) is 20.2 Å². The monoisotopic (exact) mass is 263 g/mol. The summed E-state index contributed by atoms with van der Waals surface area (Å²) in [4.78, 5) is -0.459. The smallest absolute Gasteiger partial charge is 0.184 e. The predicted molar refractivity (Wildman–Crippen MR) is 61.3 cm³/mol. The Bertz CT molecular complexity index is 488. The molecule has 0 saturated heterocycles. The molecule has 0 aliphatic carbocycles. The first-order valence-electron chi connectivity index (χ1n) is 5.32. The third-order valence-electron chi connectivity index (χ3n) is 2.58. The molecule has 0 bridgehead atoms. The highest BCUT2D eigenvalue weighted by Gasteiger charge is 2.28. The van der Waals surface area contributed by atoms with Crippen LogP contribution in [0.15, 0.2) is 23.1 Å². The topological polar surface area (TPSA) is 60.2 Å². The zero-order chi connectivity index (χ0) is 13.1. The number of rotatable bonds is 5. The van der Waals surface area contributed by atoms with Gasteiger partial charge in [-0.25, -0.2) is 17.2 Å². The van der Waals surface area contributed by atoms with Crippen molar-refractivity contribution in [1.82, 2.24) is 0 Å². The van der Waals surface area contributed by atoms with E-state index in [9.17, 15) is 17.2 Å². The normalized spacial score (nSPS) is 13.6. The van der Waals surface area contributed by atoms with Gasteiger partial charge in [-0.2, -0.15) is 0 Å². The Hall–Kier alpha value is -1.01.